The van der Waals surface area contributed by atoms with Gasteiger partial charge in [-0.15, -0.1) is 0 Å². The van der Waals surface area contributed by atoms with Gasteiger partial charge in [-0.3, -0.25) is 4.79 Å². The van der Waals surface area contributed by atoms with Gasteiger partial charge in [-0.2, -0.15) is 0 Å². The number of hydrogen-bond donors (Lipinski definition) is 1. The highest BCUT2D eigenvalue weighted by Gasteiger charge is 2.33. The fourth-order valence-electron chi connectivity index (χ4n) is 1.11. The molecule has 16 heavy (non-hydrogen) atoms. The molecule has 0 unspecified atom stereocenters. The molecule has 0 fully saturated rings. The van der Waals surface area contributed by atoms with Crippen LogP contribution < -0.4 is 5.73 Å². The first kappa shape index (κ1) is 15.3. The van der Waals surface area contributed by atoms with Gasteiger partial charge in [0.2, 0.25) is 5.91 Å². The maximum atomic E-state index is 12.0. The highest BCUT2D eigenvalue weighted by Crippen LogP contribution is 2.18. The van der Waals surface area contributed by atoms with E-state index < -0.39 is 5.41 Å². The summed E-state index contributed by atoms with van der Waals surface area (Å²) in [5.74, 6) is -0.0765. The zero-order chi connectivity index (χ0) is 12.9. The molecule has 94 valence electrons. The van der Waals surface area contributed by atoms with Crippen molar-refractivity contribution in [2.24, 2.45) is 11.1 Å². The number of rotatable bonds is 6. The SMILES string of the molecule is CC(C)OCCN(C)C(=O)C(C)(C)C(N)=S. The molecule has 0 bridgehead atoms. The Kier molecular flexibility index (Phi) is 5.89. The molecule has 0 radical (unpaired) electrons. The predicted octanol–water partition coefficient (Wildman–Crippen LogP) is 1.18. The first-order valence-electron chi connectivity index (χ1n) is 5.36. The summed E-state index contributed by atoms with van der Waals surface area (Å²) in [4.78, 5) is 13.8. The Labute approximate surface area is 103 Å². The van der Waals surface area contributed by atoms with Crippen molar-refractivity contribution in [2.45, 2.75) is 33.8 Å². The van der Waals surface area contributed by atoms with E-state index in [2.05, 4.69) is 0 Å². The Morgan fingerprint density at radius 3 is 2.38 bits per heavy atom. The summed E-state index contributed by atoms with van der Waals surface area (Å²) < 4.78 is 5.38. The third-order valence-electron chi connectivity index (χ3n) is 2.38. The van der Waals surface area contributed by atoms with Gasteiger partial charge < -0.3 is 15.4 Å². The van der Waals surface area contributed by atoms with Crippen molar-refractivity contribution in [1.82, 2.24) is 4.90 Å². The lowest BCUT2D eigenvalue weighted by Gasteiger charge is -2.28. The van der Waals surface area contributed by atoms with Crippen molar-refractivity contribution in [2.75, 3.05) is 20.2 Å². The molecule has 0 aromatic carbocycles. The van der Waals surface area contributed by atoms with E-state index in [0.717, 1.165) is 0 Å². The molecule has 0 saturated carbocycles. The molecule has 0 heterocycles. The highest BCUT2D eigenvalue weighted by molar-refractivity contribution is 7.80. The van der Waals surface area contributed by atoms with Gasteiger partial charge >= 0.3 is 0 Å². The molecular weight excluding hydrogens is 224 g/mol. The van der Waals surface area contributed by atoms with E-state index in [4.69, 9.17) is 22.7 Å². The van der Waals surface area contributed by atoms with Crippen molar-refractivity contribution in [3.63, 3.8) is 0 Å². The highest BCUT2D eigenvalue weighted by atomic mass is 32.1. The summed E-state index contributed by atoms with van der Waals surface area (Å²) in [6, 6.07) is 0. The molecule has 0 rings (SSSR count). The molecule has 1 amide bonds. The lowest BCUT2D eigenvalue weighted by molar-refractivity contribution is -0.136. The van der Waals surface area contributed by atoms with Crippen LogP contribution in [0.2, 0.25) is 0 Å². The molecule has 4 nitrogen and oxygen atoms in total. The largest absolute Gasteiger partial charge is 0.392 e. The molecular formula is C11H22N2O2S. The van der Waals surface area contributed by atoms with Crippen LogP contribution in [0.5, 0.6) is 0 Å². The van der Waals surface area contributed by atoms with Gasteiger partial charge in [0.25, 0.3) is 0 Å². The van der Waals surface area contributed by atoms with Gasteiger partial charge in [0.05, 0.1) is 23.1 Å². The Hall–Kier alpha value is -0.680. The quantitative estimate of drug-likeness (QED) is 0.715. The summed E-state index contributed by atoms with van der Waals surface area (Å²) >= 11 is 4.88. The van der Waals surface area contributed by atoms with E-state index in [1.54, 1.807) is 25.8 Å². The number of likely N-dealkylation sites (N-methyl/N-ethyl adjacent to an activating group) is 1. The van der Waals surface area contributed by atoms with Crippen LogP contribution in [0.25, 0.3) is 0 Å². The maximum Gasteiger partial charge on any atom is 0.234 e. The zero-order valence-electron chi connectivity index (χ0n) is 10.7. The zero-order valence-corrected chi connectivity index (χ0v) is 11.6. The first-order valence-corrected chi connectivity index (χ1v) is 5.77. The van der Waals surface area contributed by atoms with Gasteiger partial charge in [0, 0.05) is 13.6 Å². The van der Waals surface area contributed by atoms with Gasteiger partial charge in [0.15, 0.2) is 0 Å². The van der Waals surface area contributed by atoms with Crippen LogP contribution in [-0.2, 0) is 9.53 Å². The fourth-order valence-corrected chi connectivity index (χ4v) is 1.20. The second-order valence-corrected chi connectivity index (χ2v) is 5.08. The topological polar surface area (TPSA) is 55.6 Å². The lowest BCUT2D eigenvalue weighted by atomic mass is 9.92. The molecule has 0 aliphatic rings. The van der Waals surface area contributed by atoms with Gasteiger partial charge in [-0.05, 0) is 27.7 Å². The second-order valence-electron chi connectivity index (χ2n) is 4.64. The maximum absolute atomic E-state index is 12.0. The molecule has 0 aromatic rings. The average molecular weight is 246 g/mol. The normalized spacial score (nSPS) is 11.6. The third-order valence-corrected chi connectivity index (χ3v) is 2.89. The Morgan fingerprint density at radius 2 is 2.00 bits per heavy atom. The average Bonchev–Trinajstić information content (AvgIpc) is 2.15. The summed E-state index contributed by atoms with van der Waals surface area (Å²) in [6.45, 7) is 8.45. The minimum Gasteiger partial charge on any atom is -0.392 e. The number of carbonyl (C=O) groups is 1. The van der Waals surface area contributed by atoms with Crippen LogP contribution in [-0.4, -0.2) is 42.1 Å². The number of amides is 1. The Balaban J connectivity index is 4.24. The van der Waals surface area contributed by atoms with E-state index in [0.29, 0.717) is 13.2 Å². The number of hydrogen-bond acceptors (Lipinski definition) is 3. The van der Waals surface area contributed by atoms with Crippen molar-refractivity contribution in [3.05, 3.63) is 0 Å². The minimum absolute atomic E-state index is 0.0765. The Morgan fingerprint density at radius 1 is 1.50 bits per heavy atom. The van der Waals surface area contributed by atoms with E-state index in [1.165, 1.54) is 0 Å². The van der Waals surface area contributed by atoms with Crippen LogP contribution in [0.3, 0.4) is 0 Å². The van der Waals surface area contributed by atoms with Crippen LogP contribution in [0.15, 0.2) is 0 Å². The number of nitrogens with two attached hydrogens (primary N) is 1. The van der Waals surface area contributed by atoms with E-state index in [1.807, 2.05) is 13.8 Å². The van der Waals surface area contributed by atoms with Crippen LogP contribution in [0, 0.1) is 5.41 Å². The first-order chi connectivity index (χ1) is 7.19. The van der Waals surface area contributed by atoms with Crippen molar-refractivity contribution < 1.29 is 9.53 Å². The lowest BCUT2D eigenvalue weighted by Crippen LogP contribution is -2.46. The Bertz CT molecular complexity index is 265. The summed E-state index contributed by atoms with van der Waals surface area (Å²) in [5, 5.41) is 0. The predicted molar refractivity (Wildman–Crippen MR) is 69.3 cm³/mol. The molecule has 0 aliphatic carbocycles. The minimum atomic E-state index is -0.790. The summed E-state index contributed by atoms with van der Waals surface area (Å²) in [7, 11) is 1.73. The number of ether oxygens (including phenoxy) is 1. The van der Waals surface area contributed by atoms with Gasteiger partial charge in [0.1, 0.15) is 0 Å². The molecule has 5 heteroatoms. The summed E-state index contributed by atoms with van der Waals surface area (Å²) in [5.41, 5.74) is 4.75. The fraction of sp³-hybridized carbons (Fsp3) is 0.818. The van der Waals surface area contributed by atoms with Crippen LogP contribution in [0.4, 0.5) is 0 Å². The van der Waals surface area contributed by atoms with E-state index >= 15 is 0 Å². The number of thiocarbonyl (C=S) groups is 1. The van der Waals surface area contributed by atoms with Crippen molar-refractivity contribution >= 4 is 23.1 Å². The third kappa shape index (κ3) is 4.45. The van der Waals surface area contributed by atoms with E-state index in [-0.39, 0.29) is 17.0 Å². The smallest absolute Gasteiger partial charge is 0.234 e. The molecule has 0 atom stereocenters. The molecule has 0 saturated heterocycles. The molecule has 0 aliphatic heterocycles. The van der Waals surface area contributed by atoms with Gasteiger partial charge in [-0.25, -0.2) is 0 Å². The van der Waals surface area contributed by atoms with Crippen molar-refractivity contribution in [1.29, 1.82) is 0 Å². The monoisotopic (exact) mass is 246 g/mol. The summed E-state index contributed by atoms with van der Waals surface area (Å²) in [6.07, 6.45) is 0.173. The molecule has 2 N–H and O–H groups in total. The van der Waals surface area contributed by atoms with Crippen LogP contribution >= 0.6 is 12.2 Å². The van der Waals surface area contributed by atoms with E-state index in [9.17, 15) is 4.79 Å². The van der Waals surface area contributed by atoms with Crippen LogP contribution in [0.1, 0.15) is 27.7 Å². The number of carbonyl (C=O) groups excluding carboxylic acids is 1. The standard InChI is InChI=1S/C11H22N2O2S/c1-8(2)15-7-6-13(5)10(14)11(3,4)9(12)16/h8H,6-7H2,1-5H3,(H2,12,16). The van der Waals surface area contributed by atoms with Crippen molar-refractivity contribution in [3.8, 4) is 0 Å². The molecule has 0 aromatic heterocycles. The molecule has 0 spiro atoms. The van der Waals surface area contributed by atoms with Gasteiger partial charge in [-0.1, -0.05) is 12.2 Å². The second kappa shape index (κ2) is 6.15. The number of nitrogens with zero attached hydrogens (tertiary/aromatic N) is 1.